The zero-order valence-electron chi connectivity index (χ0n) is 11.9. The number of halogens is 1. The third-order valence-corrected chi connectivity index (χ3v) is 4.21. The van der Waals surface area contributed by atoms with E-state index in [0.717, 1.165) is 6.07 Å². The highest BCUT2D eigenvalue weighted by molar-refractivity contribution is 7.89. The Balaban J connectivity index is 2.89. The van der Waals surface area contributed by atoms with E-state index in [9.17, 15) is 12.8 Å². The van der Waals surface area contributed by atoms with E-state index in [4.69, 9.17) is 4.74 Å². The number of sulfonamides is 1. The molecule has 0 aliphatic rings. The van der Waals surface area contributed by atoms with Gasteiger partial charge in [0.15, 0.2) is 0 Å². The van der Waals surface area contributed by atoms with Crippen molar-refractivity contribution in [3.8, 4) is 0 Å². The predicted molar refractivity (Wildman–Crippen MR) is 75.4 cm³/mol. The molecule has 0 aliphatic carbocycles. The van der Waals surface area contributed by atoms with Crippen molar-refractivity contribution in [2.45, 2.75) is 31.3 Å². The monoisotopic (exact) mass is 304 g/mol. The van der Waals surface area contributed by atoms with Crippen molar-refractivity contribution in [2.24, 2.45) is 0 Å². The second-order valence-corrected chi connectivity index (χ2v) is 6.18. The molecule has 1 aromatic rings. The first-order valence-electron chi connectivity index (χ1n) is 6.43. The molecule has 0 aromatic heterocycles. The molecule has 0 saturated heterocycles. The van der Waals surface area contributed by atoms with Gasteiger partial charge < -0.3 is 10.1 Å². The first-order chi connectivity index (χ1) is 9.40. The van der Waals surface area contributed by atoms with Crippen LogP contribution in [-0.2, 0) is 21.3 Å². The molecule has 1 rings (SSSR count). The minimum absolute atomic E-state index is 0.0486. The van der Waals surface area contributed by atoms with E-state index in [-0.39, 0.29) is 17.5 Å². The van der Waals surface area contributed by atoms with Crippen LogP contribution in [0.3, 0.4) is 0 Å². The normalized spacial score (nSPS) is 13.4. The van der Waals surface area contributed by atoms with Gasteiger partial charge in [-0.1, -0.05) is 0 Å². The quantitative estimate of drug-likeness (QED) is 0.758. The molecule has 7 heteroatoms. The van der Waals surface area contributed by atoms with Gasteiger partial charge in [-0.05, 0) is 39.1 Å². The summed E-state index contributed by atoms with van der Waals surface area (Å²) in [6.45, 7) is 4.63. The Morgan fingerprint density at radius 2 is 2.10 bits per heavy atom. The first kappa shape index (κ1) is 17.0. The van der Waals surface area contributed by atoms with Crippen molar-refractivity contribution >= 4 is 10.0 Å². The summed E-state index contributed by atoms with van der Waals surface area (Å²) in [5.41, 5.74) is 0.313. The van der Waals surface area contributed by atoms with Crippen LogP contribution in [0.2, 0.25) is 0 Å². The van der Waals surface area contributed by atoms with E-state index in [1.807, 2.05) is 6.92 Å². The summed E-state index contributed by atoms with van der Waals surface area (Å²) in [5, 5.41) is 2.80. The summed E-state index contributed by atoms with van der Waals surface area (Å²) in [4.78, 5) is 0.0486. The van der Waals surface area contributed by atoms with Gasteiger partial charge in [-0.25, -0.2) is 17.5 Å². The molecule has 0 heterocycles. The molecule has 0 bridgehead atoms. The molecule has 114 valence electrons. The number of hydrogen-bond acceptors (Lipinski definition) is 4. The molecule has 0 radical (unpaired) electrons. The van der Waals surface area contributed by atoms with Gasteiger partial charge in [0.05, 0.1) is 11.5 Å². The van der Waals surface area contributed by atoms with Crippen LogP contribution >= 0.6 is 0 Å². The van der Waals surface area contributed by atoms with Crippen LogP contribution in [0.25, 0.3) is 0 Å². The number of rotatable bonds is 8. The maximum Gasteiger partial charge on any atom is 0.240 e. The Kier molecular flexibility index (Phi) is 6.54. The minimum atomic E-state index is -3.67. The maximum atomic E-state index is 13.5. The zero-order valence-corrected chi connectivity index (χ0v) is 12.8. The average Bonchev–Trinajstić information content (AvgIpc) is 2.38. The molecule has 0 aliphatic heterocycles. The number of ether oxygens (including phenoxy) is 1. The number of nitrogens with one attached hydrogen (secondary N) is 2. The fourth-order valence-electron chi connectivity index (χ4n) is 1.71. The highest BCUT2D eigenvalue weighted by Gasteiger charge is 2.18. The SMILES string of the molecule is CCOCC(C)NS(=O)(=O)c1ccc(F)c(CNC)c1. The second kappa shape index (κ2) is 7.68. The number of hydrogen-bond donors (Lipinski definition) is 2. The van der Waals surface area contributed by atoms with Crippen LogP contribution < -0.4 is 10.0 Å². The van der Waals surface area contributed by atoms with Crippen LogP contribution in [0.4, 0.5) is 4.39 Å². The third kappa shape index (κ3) is 4.82. The van der Waals surface area contributed by atoms with Crippen LogP contribution in [0, 0.1) is 5.82 Å². The Hall–Kier alpha value is -1.02. The van der Waals surface area contributed by atoms with E-state index in [0.29, 0.717) is 18.8 Å². The molecule has 0 amide bonds. The second-order valence-electron chi connectivity index (χ2n) is 4.47. The van der Waals surface area contributed by atoms with Crippen LogP contribution in [0.15, 0.2) is 23.1 Å². The maximum absolute atomic E-state index is 13.5. The van der Waals surface area contributed by atoms with Gasteiger partial charge in [0.25, 0.3) is 0 Å². The van der Waals surface area contributed by atoms with Crippen molar-refractivity contribution in [3.05, 3.63) is 29.6 Å². The molecule has 1 unspecified atom stereocenters. The van der Waals surface area contributed by atoms with E-state index in [2.05, 4.69) is 10.0 Å². The van der Waals surface area contributed by atoms with Crippen molar-refractivity contribution in [1.82, 2.24) is 10.0 Å². The van der Waals surface area contributed by atoms with E-state index in [1.54, 1.807) is 14.0 Å². The molecule has 20 heavy (non-hydrogen) atoms. The number of benzene rings is 1. The molecular formula is C13H21FN2O3S. The molecule has 2 N–H and O–H groups in total. The lowest BCUT2D eigenvalue weighted by Gasteiger charge is -2.14. The topological polar surface area (TPSA) is 67.4 Å². The van der Waals surface area contributed by atoms with Gasteiger partial charge >= 0.3 is 0 Å². The Labute approximate surface area is 119 Å². The lowest BCUT2D eigenvalue weighted by Crippen LogP contribution is -2.36. The molecule has 0 saturated carbocycles. The van der Waals surface area contributed by atoms with Gasteiger partial charge in [-0.15, -0.1) is 0 Å². The van der Waals surface area contributed by atoms with Crippen LogP contribution in [-0.4, -0.2) is 34.7 Å². The smallest absolute Gasteiger partial charge is 0.240 e. The van der Waals surface area contributed by atoms with Gasteiger partial charge in [0, 0.05) is 24.8 Å². The molecule has 1 aromatic carbocycles. The van der Waals surface area contributed by atoms with Crippen molar-refractivity contribution in [3.63, 3.8) is 0 Å². The van der Waals surface area contributed by atoms with Gasteiger partial charge in [0.1, 0.15) is 5.82 Å². The molecule has 1 atom stereocenters. The fraction of sp³-hybridized carbons (Fsp3) is 0.538. The molecular weight excluding hydrogens is 283 g/mol. The molecule has 0 spiro atoms. The minimum Gasteiger partial charge on any atom is -0.380 e. The van der Waals surface area contributed by atoms with Crippen LogP contribution in [0.1, 0.15) is 19.4 Å². The largest absolute Gasteiger partial charge is 0.380 e. The predicted octanol–water partition coefficient (Wildman–Crippen LogP) is 1.25. The summed E-state index contributed by atoms with van der Waals surface area (Å²) < 4.78 is 45.5. The highest BCUT2D eigenvalue weighted by atomic mass is 32.2. The molecule has 0 fully saturated rings. The van der Waals surface area contributed by atoms with Crippen molar-refractivity contribution in [2.75, 3.05) is 20.3 Å². The summed E-state index contributed by atoms with van der Waals surface area (Å²) in [7, 11) is -2.00. The van der Waals surface area contributed by atoms with Gasteiger partial charge in [0.2, 0.25) is 10.0 Å². The zero-order chi connectivity index (χ0) is 15.2. The van der Waals surface area contributed by atoms with Crippen molar-refractivity contribution < 1.29 is 17.5 Å². The van der Waals surface area contributed by atoms with Crippen LogP contribution in [0.5, 0.6) is 0 Å². The van der Waals surface area contributed by atoms with Gasteiger partial charge in [-0.3, -0.25) is 0 Å². The summed E-state index contributed by atoms with van der Waals surface area (Å²) >= 11 is 0. The first-order valence-corrected chi connectivity index (χ1v) is 7.92. The average molecular weight is 304 g/mol. The summed E-state index contributed by atoms with van der Waals surface area (Å²) in [6, 6.07) is 3.40. The third-order valence-electron chi connectivity index (χ3n) is 2.62. The lowest BCUT2D eigenvalue weighted by atomic mass is 10.2. The Morgan fingerprint density at radius 1 is 1.40 bits per heavy atom. The van der Waals surface area contributed by atoms with E-state index >= 15 is 0 Å². The summed E-state index contributed by atoms with van der Waals surface area (Å²) in [5.74, 6) is -0.430. The highest BCUT2D eigenvalue weighted by Crippen LogP contribution is 2.15. The standard InChI is InChI=1S/C13H21FN2O3S/c1-4-19-9-10(2)16-20(17,18)12-5-6-13(14)11(7-12)8-15-3/h5-7,10,15-16H,4,8-9H2,1-3H3. The Morgan fingerprint density at radius 3 is 2.70 bits per heavy atom. The molecule has 5 nitrogen and oxygen atoms in total. The Bertz CT molecular complexity index is 534. The van der Waals surface area contributed by atoms with E-state index in [1.165, 1.54) is 12.1 Å². The lowest BCUT2D eigenvalue weighted by molar-refractivity contribution is 0.133. The van der Waals surface area contributed by atoms with E-state index < -0.39 is 15.8 Å². The fourth-order valence-corrected chi connectivity index (χ4v) is 2.98. The van der Waals surface area contributed by atoms with Crippen molar-refractivity contribution in [1.29, 1.82) is 0 Å². The summed E-state index contributed by atoms with van der Waals surface area (Å²) in [6.07, 6.45) is 0. The van der Waals surface area contributed by atoms with Gasteiger partial charge in [-0.2, -0.15) is 0 Å².